The third kappa shape index (κ3) is 3.65. The van der Waals surface area contributed by atoms with E-state index in [0.717, 1.165) is 24.2 Å². The number of amides is 1. The van der Waals surface area contributed by atoms with E-state index < -0.39 is 17.8 Å². The van der Waals surface area contributed by atoms with Crippen molar-refractivity contribution in [2.24, 2.45) is 0 Å². The second-order valence-electron chi connectivity index (χ2n) is 8.88. The third-order valence-electron chi connectivity index (χ3n) is 6.55. The van der Waals surface area contributed by atoms with Crippen molar-refractivity contribution in [3.63, 3.8) is 0 Å². The molecular weight excluding hydrogens is 433 g/mol. The summed E-state index contributed by atoms with van der Waals surface area (Å²) in [5.41, 5.74) is 1.43. The first-order chi connectivity index (χ1) is 15.6. The molecule has 1 aromatic carbocycles. The molecule has 1 saturated heterocycles. The standard InChI is InChI=1S/C24H23F3N4O2/c1-14-8-16(10-17(9-14)24(25,26)27)19-5-3-4-18-12-30-21(23(33)31(18)19)7-6-20(22(30)32)29-11-15(2)28-13-29/h6-11,13,18-19H,3-5,12H2,1-2H3. The van der Waals surface area contributed by atoms with Gasteiger partial charge in [-0.05, 0) is 62.9 Å². The van der Waals surface area contributed by atoms with Crippen molar-refractivity contribution in [2.45, 2.75) is 57.9 Å². The SMILES string of the molecule is Cc1cc(C2CCCC3Cn4c(ccc(-n5cnc(C)c5)c4=O)C(=O)N32)cc(C(F)(F)F)c1. The lowest BCUT2D eigenvalue weighted by atomic mass is 9.87. The molecule has 5 rings (SSSR count). The summed E-state index contributed by atoms with van der Waals surface area (Å²) in [7, 11) is 0. The summed E-state index contributed by atoms with van der Waals surface area (Å²) < 4.78 is 43.4. The summed E-state index contributed by atoms with van der Waals surface area (Å²) >= 11 is 0. The molecule has 172 valence electrons. The third-order valence-corrected chi connectivity index (χ3v) is 6.55. The fraction of sp³-hybridized carbons (Fsp3) is 0.375. The van der Waals surface area contributed by atoms with Gasteiger partial charge in [0.05, 0.1) is 29.7 Å². The van der Waals surface area contributed by atoms with Crippen LogP contribution in [0.15, 0.2) is 47.7 Å². The van der Waals surface area contributed by atoms with Crippen LogP contribution in [0.2, 0.25) is 0 Å². The van der Waals surface area contributed by atoms with E-state index in [9.17, 15) is 22.8 Å². The molecule has 0 radical (unpaired) electrons. The molecule has 3 aromatic rings. The lowest BCUT2D eigenvalue weighted by molar-refractivity contribution is -0.137. The molecule has 9 heteroatoms. The van der Waals surface area contributed by atoms with Gasteiger partial charge < -0.3 is 14.0 Å². The molecular formula is C24H23F3N4O2. The quantitative estimate of drug-likeness (QED) is 0.574. The van der Waals surface area contributed by atoms with Crippen LogP contribution >= 0.6 is 0 Å². The van der Waals surface area contributed by atoms with Crippen molar-refractivity contribution in [2.75, 3.05) is 0 Å². The van der Waals surface area contributed by atoms with E-state index in [1.807, 2.05) is 6.92 Å². The van der Waals surface area contributed by atoms with Crippen LogP contribution in [0.25, 0.3) is 5.69 Å². The Morgan fingerprint density at radius 3 is 2.55 bits per heavy atom. The predicted octanol–water partition coefficient (Wildman–Crippen LogP) is 4.42. The number of fused-ring (bicyclic) bond motifs is 2. The molecule has 4 heterocycles. The lowest BCUT2D eigenvalue weighted by Gasteiger charge is -2.46. The van der Waals surface area contributed by atoms with E-state index in [1.54, 1.807) is 47.1 Å². The zero-order valence-electron chi connectivity index (χ0n) is 18.3. The zero-order valence-corrected chi connectivity index (χ0v) is 18.3. The number of halogens is 3. The number of aromatic nitrogens is 3. The molecule has 2 aromatic heterocycles. The number of hydrogen-bond acceptors (Lipinski definition) is 3. The highest BCUT2D eigenvalue weighted by atomic mass is 19.4. The maximum Gasteiger partial charge on any atom is 0.416 e. The molecule has 2 atom stereocenters. The summed E-state index contributed by atoms with van der Waals surface area (Å²) in [6.45, 7) is 3.77. The second-order valence-corrected chi connectivity index (χ2v) is 8.88. The Hall–Kier alpha value is -3.36. The Labute approximate surface area is 188 Å². The molecule has 6 nitrogen and oxygen atoms in total. The van der Waals surface area contributed by atoms with Crippen molar-refractivity contribution in [3.8, 4) is 5.69 Å². The fourth-order valence-electron chi connectivity index (χ4n) is 5.09. The van der Waals surface area contributed by atoms with Crippen LogP contribution in [0.4, 0.5) is 13.2 Å². The van der Waals surface area contributed by atoms with Crippen molar-refractivity contribution in [1.82, 2.24) is 19.0 Å². The predicted molar refractivity (Wildman–Crippen MR) is 115 cm³/mol. The molecule has 1 amide bonds. The van der Waals surface area contributed by atoms with Gasteiger partial charge in [0, 0.05) is 12.7 Å². The van der Waals surface area contributed by atoms with Crippen molar-refractivity contribution < 1.29 is 18.0 Å². The number of carbonyl (C=O) groups is 1. The van der Waals surface area contributed by atoms with Crippen LogP contribution in [0.3, 0.4) is 0 Å². The molecule has 33 heavy (non-hydrogen) atoms. The first-order valence-electron chi connectivity index (χ1n) is 10.9. The van der Waals surface area contributed by atoms with Gasteiger partial charge in [0.2, 0.25) is 0 Å². The maximum absolute atomic E-state index is 13.5. The number of imidazole rings is 1. The van der Waals surface area contributed by atoms with Crippen LogP contribution < -0.4 is 5.56 Å². The number of carbonyl (C=O) groups excluding carboxylic acids is 1. The van der Waals surface area contributed by atoms with Crippen LogP contribution in [-0.4, -0.2) is 31.0 Å². The van der Waals surface area contributed by atoms with E-state index in [0.29, 0.717) is 36.2 Å². The van der Waals surface area contributed by atoms with E-state index in [-0.39, 0.29) is 23.2 Å². The minimum Gasteiger partial charge on any atom is -0.326 e. The number of nitrogens with zero attached hydrogens (tertiary/aromatic N) is 4. The summed E-state index contributed by atoms with van der Waals surface area (Å²) in [6.07, 6.45) is 0.886. The Balaban J connectivity index is 1.56. The highest BCUT2D eigenvalue weighted by Crippen LogP contribution is 2.40. The van der Waals surface area contributed by atoms with Gasteiger partial charge >= 0.3 is 6.18 Å². The average molecular weight is 456 g/mol. The topological polar surface area (TPSA) is 60.1 Å². The number of aryl methyl sites for hydroxylation is 2. The monoisotopic (exact) mass is 456 g/mol. The van der Waals surface area contributed by atoms with Crippen molar-refractivity contribution in [1.29, 1.82) is 0 Å². The molecule has 2 aliphatic rings. The van der Waals surface area contributed by atoms with E-state index >= 15 is 0 Å². The fourth-order valence-corrected chi connectivity index (χ4v) is 5.09. The molecule has 0 aliphatic carbocycles. The second kappa shape index (κ2) is 7.60. The first-order valence-corrected chi connectivity index (χ1v) is 10.9. The van der Waals surface area contributed by atoms with E-state index in [1.165, 1.54) is 4.57 Å². The summed E-state index contributed by atoms with van der Waals surface area (Å²) in [5, 5.41) is 0. The minimum atomic E-state index is -4.46. The molecule has 2 unspecified atom stereocenters. The smallest absolute Gasteiger partial charge is 0.326 e. The van der Waals surface area contributed by atoms with Gasteiger partial charge in [0.15, 0.2) is 0 Å². The number of hydrogen-bond donors (Lipinski definition) is 0. The van der Waals surface area contributed by atoms with Crippen molar-refractivity contribution >= 4 is 5.91 Å². The molecule has 2 aliphatic heterocycles. The molecule has 0 saturated carbocycles. The van der Waals surface area contributed by atoms with Crippen LogP contribution in [0.5, 0.6) is 0 Å². The van der Waals surface area contributed by atoms with Crippen LogP contribution in [0.1, 0.15) is 58.2 Å². The zero-order chi connectivity index (χ0) is 23.5. The van der Waals surface area contributed by atoms with E-state index in [2.05, 4.69) is 4.98 Å². The van der Waals surface area contributed by atoms with Crippen molar-refractivity contribution in [3.05, 3.63) is 81.3 Å². The largest absolute Gasteiger partial charge is 0.416 e. The maximum atomic E-state index is 13.5. The Kier molecular flexibility index (Phi) is 4.95. The summed E-state index contributed by atoms with van der Waals surface area (Å²) in [6, 6.07) is 6.50. The average Bonchev–Trinajstić information content (AvgIpc) is 3.19. The van der Waals surface area contributed by atoms with Gasteiger partial charge in [-0.3, -0.25) is 9.59 Å². The van der Waals surface area contributed by atoms with Gasteiger partial charge in [-0.2, -0.15) is 13.2 Å². The minimum absolute atomic E-state index is 0.254. The summed E-state index contributed by atoms with van der Waals surface area (Å²) in [5.74, 6) is -0.323. The molecule has 0 spiro atoms. The van der Waals surface area contributed by atoms with Gasteiger partial charge in [-0.25, -0.2) is 4.98 Å². The highest BCUT2D eigenvalue weighted by molar-refractivity contribution is 5.94. The molecule has 0 N–H and O–H groups in total. The Morgan fingerprint density at radius 2 is 1.85 bits per heavy atom. The highest BCUT2D eigenvalue weighted by Gasteiger charge is 2.41. The lowest BCUT2D eigenvalue weighted by Crippen LogP contribution is -2.54. The number of benzene rings is 1. The molecule has 1 fully saturated rings. The van der Waals surface area contributed by atoms with Crippen LogP contribution in [0, 0.1) is 13.8 Å². The number of alkyl halides is 3. The number of piperidine rings is 1. The van der Waals surface area contributed by atoms with Gasteiger partial charge in [-0.1, -0.05) is 11.6 Å². The van der Waals surface area contributed by atoms with Gasteiger partial charge in [-0.15, -0.1) is 0 Å². The first kappa shape index (κ1) is 21.5. The normalized spacial score (nSPS) is 20.5. The van der Waals surface area contributed by atoms with Crippen LogP contribution in [-0.2, 0) is 12.7 Å². The summed E-state index contributed by atoms with van der Waals surface area (Å²) in [4.78, 5) is 32.6. The Bertz CT molecular complexity index is 1310. The van der Waals surface area contributed by atoms with E-state index in [4.69, 9.17) is 0 Å². The number of pyridine rings is 1. The number of rotatable bonds is 2. The van der Waals surface area contributed by atoms with Gasteiger partial charge in [0.25, 0.3) is 11.5 Å². The Morgan fingerprint density at radius 1 is 1.06 bits per heavy atom. The van der Waals surface area contributed by atoms with Gasteiger partial charge in [0.1, 0.15) is 11.4 Å². The molecule has 0 bridgehead atoms.